The molecule has 2 aliphatic heterocycles. The number of nitrogens with one attached hydrogen (secondary N) is 1. The van der Waals surface area contributed by atoms with Crippen molar-refractivity contribution < 1.29 is 69.9 Å². The number of halogens is 8. The third-order valence-corrected chi connectivity index (χ3v) is 9.97. The fourth-order valence-electron chi connectivity index (χ4n) is 6.69. The van der Waals surface area contributed by atoms with Crippen LogP contribution in [0.1, 0.15) is 67.8 Å². The van der Waals surface area contributed by atoms with Gasteiger partial charge in [0.2, 0.25) is 0 Å². The highest BCUT2D eigenvalue weighted by Gasteiger charge is 2.53. The van der Waals surface area contributed by atoms with Crippen LogP contribution in [0.15, 0.2) is 60.0 Å². The summed E-state index contributed by atoms with van der Waals surface area (Å²) in [6, 6.07) is 5.35. The third kappa shape index (κ3) is 10.4. The first-order valence-electron chi connectivity index (χ1n) is 18.4. The van der Waals surface area contributed by atoms with Crippen molar-refractivity contribution in [2.45, 2.75) is 82.1 Å². The second-order valence-corrected chi connectivity index (χ2v) is 14.2. The number of pyridine rings is 1. The first-order valence-corrected chi connectivity index (χ1v) is 18.4. The van der Waals surface area contributed by atoms with Gasteiger partial charge in [-0.2, -0.15) is 26.3 Å². The number of aromatic nitrogens is 1. The molecule has 2 amide bonds. The van der Waals surface area contributed by atoms with Gasteiger partial charge in [0.25, 0.3) is 11.8 Å². The molecule has 0 radical (unpaired) electrons. The van der Waals surface area contributed by atoms with Gasteiger partial charge < -0.3 is 30.5 Å². The molecule has 3 heterocycles. The van der Waals surface area contributed by atoms with E-state index in [9.17, 15) is 51.3 Å². The van der Waals surface area contributed by atoms with Crippen molar-refractivity contribution in [2.24, 2.45) is 0 Å². The zero-order valence-corrected chi connectivity index (χ0v) is 31.4. The maximum Gasteiger partial charge on any atom is 0.433 e. The van der Waals surface area contributed by atoms with Gasteiger partial charge in [0.1, 0.15) is 40.9 Å². The monoisotopic (exact) mass is 840 g/mol. The van der Waals surface area contributed by atoms with Gasteiger partial charge in [-0.05, 0) is 69.0 Å². The summed E-state index contributed by atoms with van der Waals surface area (Å²) in [7, 11) is 0. The molecule has 1 fully saturated rings. The van der Waals surface area contributed by atoms with Crippen LogP contribution < -0.4 is 5.32 Å². The Labute approximate surface area is 332 Å². The van der Waals surface area contributed by atoms with E-state index in [0.29, 0.717) is 63.1 Å². The van der Waals surface area contributed by atoms with E-state index in [0.717, 1.165) is 29.3 Å². The Balaban J connectivity index is 1.32. The number of aliphatic hydroxyl groups is 4. The standard InChI is InChI=1S/C40H40F8N4O7/c1-38-13-7-14-52(38)51(20-27-28(41)16-23(17-29(27)42)8-5-3-2-4-6-15-59-22-32(55)31(54)21-53)37(58)34(35(38)56)36(57)50-30-11-10-25(39(43,44)45)18-26(30)24-9-12-33(49-19-24)40(46,47)48/h9-12,16-19,31-32,53-56H,2-4,6-7,13-15,20-22H2,1H3,(H,50,57)/t31-,32-,38?/m0/s1. The lowest BCUT2D eigenvalue weighted by Gasteiger charge is -2.46. The minimum absolute atomic E-state index is 0.00712. The van der Waals surface area contributed by atoms with Crippen LogP contribution in [0.25, 0.3) is 11.1 Å². The number of fused-ring (bicyclic) bond motifs is 1. The number of ether oxygens (including phenoxy) is 1. The summed E-state index contributed by atoms with van der Waals surface area (Å²) in [6.45, 7) is 0.454. The highest BCUT2D eigenvalue weighted by molar-refractivity contribution is 6.24. The second-order valence-electron chi connectivity index (χ2n) is 14.2. The van der Waals surface area contributed by atoms with Gasteiger partial charge in [-0.3, -0.25) is 19.6 Å². The number of hydrogen-bond donors (Lipinski definition) is 5. The third-order valence-electron chi connectivity index (χ3n) is 9.97. The number of rotatable bonds is 14. The van der Waals surface area contributed by atoms with Gasteiger partial charge in [-0.25, -0.2) is 13.8 Å². The van der Waals surface area contributed by atoms with Crippen molar-refractivity contribution in [2.75, 3.05) is 31.7 Å². The van der Waals surface area contributed by atoms with Crippen LogP contribution in [0.4, 0.5) is 40.8 Å². The van der Waals surface area contributed by atoms with E-state index in [1.807, 2.05) is 0 Å². The fourth-order valence-corrected chi connectivity index (χ4v) is 6.69. The van der Waals surface area contributed by atoms with E-state index in [-0.39, 0.29) is 36.4 Å². The van der Waals surface area contributed by atoms with E-state index >= 15 is 8.78 Å². The first-order chi connectivity index (χ1) is 27.8. The Kier molecular flexibility index (Phi) is 14.0. The largest absolute Gasteiger partial charge is 0.509 e. The van der Waals surface area contributed by atoms with Crippen LogP contribution in [0, 0.1) is 23.5 Å². The molecular formula is C40H40F8N4O7. The van der Waals surface area contributed by atoms with Gasteiger partial charge in [-0.1, -0.05) is 24.3 Å². The van der Waals surface area contributed by atoms with Gasteiger partial charge >= 0.3 is 12.4 Å². The topological polar surface area (TPSA) is 156 Å². The smallest absolute Gasteiger partial charge is 0.433 e. The average molecular weight is 841 g/mol. The number of nitrogens with zero attached hydrogens (tertiary/aromatic N) is 3. The van der Waals surface area contributed by atoms with Crippen molar-refractivity contribution in [1.82, 2.24) is 15.0 Å². The molecule has 1 aromatic heterocycles. The van der Waals surface area contributed by atoms with Crippen molar-refractivity contribution in [3.8, 4) is 23.0 Å². The summed E-state index contributed by atoms with van der Waals surface area (Å²) in [6.07, 6.45) is -8.73. The van der Waals surface area contributed by atoms with Crippen molar-refractivity contribution in [3.05, 3.63) is 94.0 Å². The molecule has 2 aromatic carbocycles. The van der Waals surface area contributed by atoms with E-state index in [4.69, 9.17) is 9.84 Å². The zero-order valence-electron chi connectivity index (χ0n) is 31.4. The van der Waals surface area contributed by atoms with Crippen LogP contribution in [0.5, 0.6) is 0 Å². The molecule has 3 aromatic rings. The Bertz CT molecular complexity index is 2090. The van der Waals surface area contributed by atoms with Crippen molar-refractivity contribution in [3.63, 3.8) is 0 Å². The highest BCUT2D eigenvalue weighted by Crippen LogP contribution is 2.43. The minimum atomic E-state index is -4.90. The van der Waals surface area contributed by atoms with Gasteiger partial charge in [0.15, 0.2) is 0 Å². The fraction of sp³-hybridized carbons (Fsp3) is 0.425. The number of aliphatic hydroxyl groups excluding tert-OH is 4. The van der Waals surface area contributed by atoms with E-state index in [1.165, 1.54) is 11.9 Å². The van der Waals surface area contributed by atoms with Crippen molar-refractivity contribution >= 4 is 17.5 Å². The van der Waals surface area contributed by atoms with Gasteiger partial charge in [0, 0.05) is 53.7 Å². The summed E-state index contributed by atoms with van der Waals surface area (Å²) in [4.78, 5) is 31.1. The van der Waals surface area contributed by atoms with E-state index in [1.54, 1.807) is 0 Å². The molecule has 318 valence electrons. The summed E-state index contributed by atoms with van der Waals surface area (Å²) < 4.78 is 117. The van der Waals surface area contributed by atoms with Gasteiger partial charge in [-0.15, -0.1) is 0 Å². The number of alkyl halides is 6. The Morgan fingerprint density at radius 1 is 1.00 bits per heavy atom. The highest BCUT2D eigenvalue weighted by atomic mass is 19.4. The molecule has 0 aliphatic carbocycles. The lowest BCUT2D eigenvalue weighted by Crippen LogP contribution is -2.60. The molecule has 1 saturated heterocycles. The number of hydrazine groups is 1. The van der Waals surface area contributed by atoms with E-state index < -0.39 is 100 Å². The summed E-state index contributed by atoms with van der Waals surface area (Å²) >= 11 is 0. The molecule has 1 unspecified atom stereocenters. The molecule has 59 heavy (non-hydrogen) atoms. The van der Waals surface area contributed by atoms with Crippen LogP contribution in [0.3, 0.4) is 0 Å². The van der Waals surface area contributed by atoms with Gasteiger partial charge in [0.05, 0.1) is 30.9 Å². The molecule has 5 rings (SSSR count). The minimum Gasteiger partial charge on any atom is -0.509 e. The Morgan fingerprint density at radius 2 is 1.71 bits per heavy atom. The molecule has 3 atom stereocenters. The molecule has 0 bridgehead atoms. The van der Waals surface area contributed by atoms with Crippen LogP contribution in [-0.4, -0.2) is 91.4 Å². The maximum atomic E-state index is 15.5. The zero-order chi connectivity index (χ0) is 43.3. The summed E-state index contributed by atoms with van der Waals surface area (Å²) in [5.41, 5.74) is -6.41. The second kappa shape index (κ2) is 18.4. The van der Waals surface area contributed by atoms with Crippen molar-refractivity contribution in [1.29, 1.82) is 0 Å². The SMILES string of the molecule is CC12CCCN1N(Cc1c(F)cc(C#CCCCCCOC[C@H](O)[C@@H](O)CO)cc1F)C(=O)C(C(=O)Nc1ccc(C(F)(F)F)cc1-c1ccc(C(F)(F)F)nc1)=C2O. The molecule has 11 nitrogen and oxygen atoms in total. The van der Waals surface area contributed by atoms with Crippen LogP contribution in [0.2, 0.25) is 0 Å². The molecular weight excluding hydrogens is 800 g/mol. The number of benzene rings is 2. The molecule has 19 heteroatoms. The van der Waals surface area contributed by atoms with E-state index in [2.05, 4.69) is 22.1 Å². The number of anilines is 1. The Hall–Kier alpha value is -5.13. The maximum absolute atomic E-state index is 15.5. The summed E-state index contributed by atoms with van der Waals surface area (Å²) in [5.74, 6) is 0.211. The Morgan fingerprint density at radius 3 is 2.34 bits per heavy atom. The van der Waals surface area contributed by atoms with Crippen LogP contribution in [-0.2, 0) is 33.2 Å². The van der Waals surface area contributed by atoms with Crippen LogP contribution >= 0.6 is 0 Å². The molecule has 5 N–H and O–H groups in total. The number of unbranched alkanes of at least 4 members (excludes halogenated alkanes) is 3. The lowest BCUT2D eigenvalue weighted by molar-refractivity contribution is -0.160. The number of hydrogen-bond acceptors (Lipinski definition) is 9. The molecule has 0 spiro atoms. The number of amides is 2. The first kappa shape index (κ1) is 45.0. The molecule has 0 saturated carbocycles. The summed E-state index contributed by atoms with van der Waals surface area (Å²) in [5, 5.41) is 43.7. The number of carbonyl (C=O) groups excluding carboxylic acids is 2. The predicted octanol–water partition coefficient (Wildman–Crippen LogP) is 6.27. The predicted molar refractivity (Wildman–Crippen MR) is 194 cm³/mol. The lowest BCUT2D eigenvalue weighted by atomic mass is 9.90. The number of carbonyl (C=O) groups is 2. The normalized spacial score (nSPS) is 18.4. The quantitative estimate of drug-likeness (QED) is 0.0547. The average Bonchev–Trinajstić information content (AvgIpc) is 3.58. The molecule has 2 aliphatic rings.